The Morgan fingerprint density at radius 1 is 1.36 bits per heavy atom. The zero-order valence-corrected chi connectivity index (χ0v) is 10.1. The van der Waals surface area contributed by atoms with Gasteiger partial charge in [-0.25, -0.2) is 0 Å². The molecule has 1 fully saturated rings. The maximum atomic E-state index is 9.99. The first kappa shape index (κ1) is 12.0. The second-order valence-corrected chi connectivity index (χ2v) is 6.22. The first-order valence-electron chi connectivity index (χ1n) is 5.54. The van der Waals surface area contributed by atoms with Crippen LogP contribution in [-0.2, 0) is 4.74 Å². The summed E-state index contributed by atoms with van der Waals surface area (Å²) in [5, 5.41) is 9.99. The van der Waals surface area contributed by atoms with Crippen LogP contribution in [-0.4, -0.2) is 23.4 Å². The number of aliphatic hydroxyl groups is 1. The van der Waals surface area contributed by atoms with Gasteiger partial charge in [0.2, 0.25) is 0 Å². The van der Waals surface area contributed by atoms with Crippen molar-refractivity contribution in [1.82, 2.24) is 0 Å². The summed E-state index contributed by atoms with van der Waals surface area (Å²) >= 11 is 0. The molecule has 0 spiro atoms. The van der Waals surface area contributed by atoms with E-state index in [-0.39, 0.29) is 11.7 Å². The number of hydrogen-bond donors (Lipinski definition) is 1. The summed E-state index contributed by atoms with van der Waals surface area (Å²) in [5.74, 6) is 0.323. The minimum atomic E-state index is -0.345. The van der Waals surface area contributed by atoms with Gasteiger partial charge in [0, 0.05) is 5.92 Å². The first-order chi connectivity index (χ1) is 6.22. The molecule has 2 nitrogen and oxygen atoms in total. The Bertz CT molecular complexity index is 191. The third-order valence-corrected chi connectivity index (χ3v) is 3.09. The molecule has 2 atom stereocenters. The highest BCUT2D eigenvalue weighted by molar-refractivity contribution is 4.91. The van der Waals surface area contributed by atoms with Gasteiger partial charge in [-0.3, -0.25) is 0 Å². The summed E-state index contributed by atoms with van der Waals surface area (Å²) in [5.41, 5.74) is 0.00893. The Hall–Kier alpha value is -0.0800. The first-order valence-corrected chi connectivity index (χ1v) is 5.54. The molecule has 0 bridgehead atoms. The lowest BCUT2D eigenvalue weighted by Crippen LogP contribution is -2.35. The van der Waals surface area contributed by atoms with Crippen molar-refractivity contribution in [3.05, 3.63) is 0 Å². The van der Waals surface area contributed by atoms with Crippen LogP contribution in [0.3, 0.4) is 0 Å². The van der Waals surface area contributed by atoms with Gasteiger partial charge in [-0.2, -0.15) is 0 Å². The van der Waals surface area contributed by atoms with Crippen molar-refractivity contribution in [3.8, 4) is 0 Å². The van der Waals surface area contributed by atoms with Crippen LogP contribution < -0.4 is 0 Å². The number of aliphatic hydroxyl groups excluding tert-OH is 1. The molecule has 1 N–H and O–H groups in total. The fourth-order valence-electron chi connectivity index (χ4n) is 1.93. The van der Waals surface area contributed by atoms with Crippen molar-refractivity contribution >= 4 is 0 Å². The summed E-state index contributed by atoms with van der Waals surface area (Å²) in [6, 6.07) is 0. The highest BCUT2D eigenvalue weighted by Gasteiger charge is 2.41. The Morgan fingerprint density at radius 2 is 1.93 bits per heavy atom. The molecule has 0 aromatic heterocycles. The largest absolute Gasteiger partial charge is 0.390 e. The van der Waals surface area contributed by atoms with Gasteiger partial charge in [0.1, 0.15) is 0 Å². The highest BCUT2D eigenvalue weighted by atomic mass is 16.5. The van der Waals surface area contributed by atoms with E-state index in [1.165, 1.54) is 0 Å². The molecule has 2 unspecified atom stereocenters. The molecular formula is C12H24O2. The molecule has 1 aliphatic rings. The Balaban J connectivity index is 2.41. The van der Waals surface area contributed by atoms with Crippen molar-refractivity contribution in [3.63, 3.8) is 0 Å². The van der Waals surface area contributed by atoms with Gasteiger partial charge in [-0.1, -0.05) is 20.8 Å². The summed E-state index contributed by atoms with van der Waals surface area (Å²) in [6.45, 7) is 11.4. The molecule has 1 heterocycles. The lowest BCUT2D eigenvalue weighted by Gasteiger charge is -2.25. The summed E-state index contributed by atoms with van der Waals surface area (Å²) < 4.78 is 5.58. The van der Waals surface area contributed by atoms with Crippen LogP contribution in [0.4, 0.5) is 0 Å². The molecule has 1 aliphatic heterocycles. The lowest BCUT2D eigenvalue weighted by atomic mass is 9.83. The fraction of sp³-hybridized carbons (Fsp3) is 1.00. The molecule has 84 valence electrons. The van der Waals surface area contributed by atoms with Gasteiger partial charge in [0.25, 0.3) is 0 Å². The Labute approximate surface area is 87.7 Å². The smallest absolute Gasteiger partial charge is 0.0888 e. The monoisotopic (exact) mass is 200 g/mol. The summed E-state index contributed by atoms with van der Waals surface area (Å²) in [6.07, 6.45) is 1.91. The van der Waals surface area contributed by atoms with E-state index >= 15 is 0 Å². The second kappa shape index (κ2) is 3.82. The van der Waals surface area contributed by atoms with E-state index in [0.717, 1.165) is 12.8 Å². The standard InChI is InChI=1S/C12H24O2/c1-11(2,3)7-6-9-8-14-12(4,5)10(9)13/h9-10,13H,6-8H2,1-5H3. The minimum absolute atomic E-state index is 0.301. The zero-order chi connectivity index (χ0) is 11.0. The topological polar surface area (TPSA) is 29.5 Å². The molecule has 0 aromatic carbocycles. The van der Waals surface area contributed by atoms with Crippen LogP contribution in [0.2, 0.25) is 0 Å². The predicted molar refractivity (Wildman–Crippen MR) is 58.2 cm³/mol. The highest BCUT2D eigenvalue weighted by Crippen LogP contribution is 2.34. The summed E-state index contributed by atoms with van der Waals surface area (Å²) in [7, 11) is 0. The van der Waals surface area contributed by atoms with E-state index in [4.69, 9.17) is 4.74 Å². The van der Waals surface area contributed by atoms with E-state index in [9.17, 15) is 5.11 Å². The average molecular weight is 200 g/mol. The number of ether oxygens (including phenoxy) is 1. The van der Waals surface area contributed by atoms with E-state index in [1.54, 1.807) is 0 Å². The van der Waals surface area contributed by atoms with Crippen LogP contribution in [0.1, 0.15) is 47.5 Å². The molecule has 0 amide bonds. The van der Waals surface area contributed by atoms with Crippen LogP contribution >= 0.6 is 0 Å². The van der Waals surface area contributed by atoms with Crippen molar-refractivity contribution in [2.24, 2.45) is 11.3 Å². The molecule has 1 rings (SSSR count). The normalized spacial score (nSPS) is 32.1. The van der Waals surface area contributed by atoms with E-state index < -0.39 is 0 Å². The lowest BCUT2D eigenvalue weighted by molar-refractivity contribution is -0.0316. The zero-order valence-electron chi connectivity index (χ0n) is 10.1. The van der Waals surface area contributed by atoms with E-state index in [0.29, 0.717) is 17.9 Å². The van der Waals surface area contributed by atoms with Crippen molar-refractivity contribution in [2.45, 2.75) is 59.2 Å². The van der Waals surface area contributed by atoms with Gasteiger partial charge in [0.05, 0.1) is 18.3 Å². The SMILES string of the molecule is CC(C)(C)CCC1COC(C)(C)C1O. The van der Waals surface area contributed by atoms with Gasteiger partial charge >= 0.3 is 0 Å². The van der Waals surface area contributed by atoms with Gasteiger partial charge in [-0.05, 0) is 32.1 Å². The quantitative estimate of drug-likeness (QED) is 0.742. The maximum Gasteiger partial charge on any atom is 0.0888 e. The third-order valence-electron chi connectivity index (χ3n) is 3.09. The number of rotatable bonds is 2. The molecule has 0 radical (unpaired) electrons. The Morgan fingerprint density at radius 3 is 2.29 bits per heavy atom. The van der Waals surface area contributed by atoms with Crippen LogP contribution in [0.25, 0.3) is 0 Å². The molecule has 14 heavy (non-hydrogen) atoms. The van der Waals surface area contributed by atoms with Gasteiger partial charge in [0.15, 0.2) is 0 Å². The molecular weight excluding hydrogens is 176 g/mol. The summed E-state index contributed by atoms with van der Waals surface area (Å²) in [4.78, 5) is 0. The maximum absolute atomic E-state index is 9.99. The van der Waals surface area contributed by atoms with Gasteiger partial charge in [-0.15, -0.1) is 0 Å². The van der Waals surface area contributed by atoms with Crippen LogP contribution in [0, 0.1) is 11.3 Å². The predicted octanol–water partition coefficient (Wildman–Crippen LogP) is 2.60. The fourth-order valence-corrected chi connectivity index (χ4v) is 1.93. The van der Waals surface area contributed by atoms with Gasteiger partial charge < -0.3 is 9.84 Å². The van der Waals surface area contributed by atoms with Crippen LogP contribution in [0.5, 0.6) is 0 Å². The molecule has 0 saturated carbocycles. The van der Waals surface area contributed by atoms with E-state index in [2.05, 4.69) is 20.8 Å². The third kappa shape index (κ3) is 2.96. The second-order valence-electron chi connectivity index (χ2n) is 6.22. The minimum Gasteiger partial charge on any atom is -0.390 e. The Kier molecular flexibility index (Phi) is 3.27. The van der Waals surface area contributed by atoms with Crippen molar-refractivity contribution in [1.29, 1.82) is 0 Å². The van der Waals surface area contributed by atoms with Crippen LogP contribution in [0.15, 0.2) is 0 Å². The molecule has 0 aromatic rings. The molecule has 2 heteroatoms. The van der Waals surface area contributed by atoms with Crippen molar-refractivity contribution in [2.75, 3.05) is 6.61 Å². The van der Waals surface area contributed by atoms with E-state index in [1.807, 2.05) is 13.8 Å². The molecule has 1 saturated heterocycles. The molecule has 0 aliphatic carbocycles. The average Bonchev–Trinajstić information content (AvgIpc) is 2.24. The van der Waals surface area contributed by atoms with Crippen molar-refractivity contribution < 1.29 is 9.84 Å². The number of hydrogen-bond acceptors (Lipinski definition) is 2.